The van der Waals surface area contributed by atoms with Gasteiger partial charge in [0.2, 0.25) is 6.33 Å². The average molecular weight is 818 g/mol. The minimum Gasteiger partial charge on any atom is -1.00 e. The van der Waals surface area contributed by atoms with Crippen LogP contribution in [0.1, 0.15) is 38.3 Å². The smallest absolute Gasteiger partial charge is 1.00 e. The fraction of sp³-hybridized carbons (Fsp3) is 0.410. The van der Waals surface area contributed by atoms with Crippen molar-refractivity contribution < 1.29 is 80.2 Å². The Morgan fingerprint density at radius 1 is 1.00 bits per heavy atom. The number of ether oxygens (including phenoxy) is 2. The molecule has 7 rings (SSSR count). The fourth-order valence-corrected chi connectivity index (χ4v) is 7.53. The van der Waals surface area contributed by atoms with Gasteiger partial charge in [0.1, 0.15) is 35.9 Å². The van der Waals surface area contributed by atoms with Crippen LogP contribution in [0, 0.1) is 17.6 Å². The van der Waals surface area contributed by atoms with Crippen molar-refractivity contribution in [2.24, 2.45) is 5.92 Å². The number of hydrogen-bond donors (Lipinski definition) is 1. The quantitative estimate of drug-likeness (QED) is 0.0718. The molecule has 0 radical (unpaired) electrons. The van der Waals surface area contributed by atoms with Crippen LogP contribution in [0.3, 0.4) is 0 Å². The van der Waals surface area contributed by atoms with Crippen LogP contribution in [-0.4, -0.2) is 86.5 Å². The van der Waals surface area contributed by atoms with Crippen LogP contribution in [-0.2, 0) is 28.2 Å². The Kier molecular flexibility index (Phi) is 16.0. The summed E-state index contributed by atoms with van der Waals surface area (Å²) in [7, 11) is 0. The molecule has 18 heteroatoms. The first-order valence-corrected chi connectivity index (χ1v) is 18.2. The number of anilines is 2. The summed E-state index contributed by atoms with van der Waals surface area (Å²) in [6, 6.07) is 19.0. The number of aliphatic hydroxyl groups is 1. The van der Waals surface area contributed by atoms with Gasteiger partial charge in [-0.1, -0.05) is 13.0 Å². The number of nitrogens with zero attached hydrogens (tertiary/aromatic N) is 8. The van der Waals surface area contributed by atoms with Gasteiger partial charge < -0.3 is 47.1 Å². The van der Waals surface area contributed by atoms with Crippen molar-refractivity contribution in [2.75, 3.05) is 49.2 Å². The molecule has 57 heavy (non-hydrogen) atoms. The zero-order valence-electron chi connectivity index (χ0n) is 32.1. The molecule has 4 heterocycles. The van der Waals surface area contributed by atoms with Crippen molar-refractivity contribution in [2.45, 2.75) is 57.5 Å². The van der Waals surface area contributed by atoms with Crippen molar-refractivity contribution in [3.05, 3.63) is 113 Å². The zero-order chi connectivity index (χ0) is 37.8. The molecule has 2 N–H and O–H groups in total. The van der Waals surface area contributed by atoms with Crippen LogP contribution in [0.15, 0.2) is 90.5 Å². The van der Waals surface area contributed by atoms with Gasteiger partial charge >= 0.3 is 35.2 Å². The molecular weight excluding hydrogens is 773 g/mol. The summed E-state index contributed by atoms with van der Waals surface area (Å²) >= 11 is 0. The molecule has 3 aromatic carbocycles. The van der Waals surface area contributed by atoms with Crippen LogP contribution in [0.2, 0.25) is 0 Å². The van der Waals surface area contributed by atoms with E-state index in [4.69, 9.17) is 9.47 Å². The SMILES string of the molecule is CC[C@@H]([C@H](C)O)n1ncn(-c2ccc(N3CCN(c4ccc(OC[C@@H]5CO[C@@](Cn6c[n+](C[C-]=O)cn6)(c6ccc(F)cc6F)C5)cc4)CC3)cc2)c1=O.[Cl-].[Na+].[OH-]. The van der Waals surface area contributed by atoms with Gasteiger partial charge in [-0.15, -0.1) is 4.68 Å². The number of halogens is 3. The van der Waals surface area contributed by atoms with E-state index in [2.05, 4.69) is 20.0 Å². The topological polar surface area (TPSA) is 154 Å². The summed E-state index contributed by atoms with van der Waals surface area (Å²) in [5, 5.41) is 18.6. The Hall–Kier alpha value is -4.16. The first kappa shape index (κ1) is 45.5. The first-order chi connectivity index (χ1) is 26.2. The molecule has 0 amide bonds. The van der Waals surface area contributed by atoms with E-state index in [1.165, 1.54) is 34.0 Å². The van der Waals surface area contributed by atoms with Crippen molar-refractivity contribution in [3.63, 3.8) is 0 Å². The molecule has 0 saturated carbocycles. The molecule has 2 saturated heterocycles. The summed E-state index contributed by atoms with van der Waals surface area (Å²) in [6.07, 6.45) is 6.78. The minimum absolute atomic E-state index is 0. The molecule has 0 spiro atoms. The van der Waals surface area contributed by atoms with Gasteiger partial charge in [0.05, 0.1) is 31.0 Å². The zero-order valence-corrected chi connectivity index (χ0v) is 34.9. The molecule has 4 atom stereocenters. The molecule has 0 unspecified atom stereocenters. The van der Waals surface area contributed by atoms with Gasteiger partial charge in [-0.2, -0.15) is 5.10 Å². The fourth-order valence-electron chi connectivity index (χ4n) is 7.53. The number of hydrogen-bond acceptors (Lipinski definition) is 10. The molecule has 0 aliphatic carbocycles. The Morgan fingerprint density at radius 3 is 2.23 bits per heavy atom. The molecule has 2 aliphatic heterocycles. The first-order valence-electron chi connectivity index (χ1n) is 18.2. The number of aliphatic hydroxyl groups excluding tert-OH is 1. The van der Waals surface area contributed by atoms with Crippen LogP contribution >= 0.6 is 0 Å². The van der Waals surface area contributed by atoms with Gasteiger partial charge in [0.15, 0.2) is 0 Å². The third-order valence-electron chi connectivity index (χ3n) is 10.4. The van der Waals surface area contributed by atoms with E-state index < -0.39 is 23.3 Å². The van der Waals surface area contributed by atoms with E-state index in [0.29, 0.717) is 31.8 Å². The normalized spacial score (nSPS) is 18.9. The molecule has 300 valence electrons. The van der Waals surface area contributed by atoms with Gasteiger partial charge in [0, 0.05) is 60.2 Å². The van der Waals surface area contributed by atoms with E-state index in [-0.39, 0.29) is 83.7 Å². The summed E-state index contributed by atoms with van der Waals surface area (Å²) in [5.74, 6) is -0.713. The molecule has 0 bridgehead atoms. The van der Waals surface area contributed by atoms with Crippen LogP contribution in [0.4, 0.5) is 20.2 Å². The van der Waals surface area contributed by atoms with Crippen molar-refractivity contribution in [1.82, 2.24) is 24.1 Å². The standard InChI is InChI=1S/C39H44F2N8O5.ClH.Na.H2O/c1-3-37(28(2)51)49-38(52)48(26-43-49)33-7-5-31(6-8-33)45-14-16-46(17-15-45)32-9-11-34(12-10-32)53-22-29-21-39(54-23-29,35-13-4-30(40)20-36(35)41)24-47-27-44(18-19-50)25-42-47;;;/h4-13,20,25-29,37,51H,3,14-18,21-24H2,1-2H3;1H;;1H2/q;;+1;/p-2/t28-,29+,37-,39-;;;/m0.../s1. The maximum atomic E-state index is 15.1. The number of rotatable bonds is 14. The summed E-state index contributed by atoms with van der Waals surface area (Å²) in [6.45, 7) is 7.75. The molecular formula is C39H45ClF2N8NaO6-. The number of benzene rings is 3. The predicted molar refractivity (Wildman–Crippen MR) is 197 cm³/mol. The predicted octanol–water partition coefficient (Wildman–Crippen LogP) is -2.59. The maximum absolute atomic E-state index is 15.1. The largest absolute Gasteiger partial charge is 1.00 e. The number of piperazine rings is 1. The molecule has 2 aliphatic rings. The van der Waals surface area contributed by atoms with Crippen LogP contribution < -0.4 is 66.8 Å². The summed E-state index contributed by atoms with van der Waals surface area (Å²) in [4.78, 5) is 28.5. The third-order valence-corrected chi connectivity index (χ3v) is 10.4. The Labute approximate surface area is 357 Å². The van der Waals surface area contributed by atoms with E-state index in [1.54, 1.807) is 22.5 Å². The van der Waals surface area contributed by atoms with Gasteiger partial charge in [-0.25, -0.2) is 29.1 Å². The van der Waals surface area contributed by atoms with Gasteiger partial charge in [-0.3, -0.25) is 4.57 Å². The average Bonchev–Trinajstić information content (AvgIpc) is 3.91. The third kappa shape index (κ3) is 10.1. The second-order valence-electron chi connectivity index (χ2n) is 14.0. The van der Waals surface area contributed by atoms with E-state index in [0.717, 1.165) is 49.3 Å². The van der Waals surface area contributed by atoms with E-state index in [9.17, 15) is 19.1 Å². The monoisotopic (exact) mass is 817 g/mol. The number of aromatic nitrogens is 6. The summed E-state index contributed by atoms with van der Waals surface area (Å²) < 4.78 is 47.4. The molecule has 2 aromatic heterocycles. The van der Waals surface area contributed by atoms with E-state index >= 15 is 4.39 Å². The Bertz CT molecular complexity index is 2110. The maximum Gasteiger partial charge on any atom is 1.00 e. The van der Waals surface area contributed by atoms with Crippen molar-refractivity contribution in [1.29, 1.82) is 0 Å². The second kappa shape index (κ2) is 20.0. The van der Waals surface area contributed by atoms with E-state index in [1.807, 2.05) is 61.7 Å². The summed E-state index contributed by atoms with van der Waals surface area (Å²) in [5.41, 5.74) is 1.75. The Balaban J connectivity index is 0.00000240. The molecule has 14 nitrogen and oxygen atoms in total. The second-order valence-corrected chi connectivity index (χ2v) is 14.0. The van der Waals surface area contributed by atoms with Crippen molar-refractivity contribution in [3.8, 4) is 11.4 Å². The van der Waals surface area contributed by atoms with Crippen LogP contribution in [0.25, 0.3) is 5.69 Å². The van der Waals surface area contributed by atoms with Gasteiger partial charge in [0.25, 0.3) is 6.33 Å². The van der Waals surface area contributed by atoms with Crippen molar-refractivity contribution >= 4 is 17.7 Å². The molecule has 5 aromatic rings. The molecule has 2 fully saturated rings. The minimum atomic E-state index is -1.10. The Morgan fingerprint density at radius 2 is 1.63 bits per heavy atom. The van der Waals surface area contributed by atoms with Gasteiger partial charge in [-0.05, 0) is 80.9 Å². The number of carbonyl (C=O) groups excluding carboxylic acids is 1. The van der Waals surface area contributed by atoms with Crippen LogP contribution in [0.5, 0.6) is 5.75 Å².